The maximum Gasteiger partial charge on any atom is 0.416 e. The van der Waals surface area contributed by atoms with Crippen molar-refractivity contribution in [2.75, 3.05) is 42.9 Å². The summed E-state index contributed by atoms with van der Waals surface area (Å²) >= 11 is 0. The molecule has 1 saturated heterocycles. The second-order valence-electron chi connectivity index (χ2n) is 6.89. The van der Waals surface area contributed by atoms with E-state index in [-0.39, 0.29) is 11.6 Å². The largest absolute Gasteiger partial charge is 0.416 e. The van der Waals surface area contributed by atoms with Crippen molar-refractivity contribution in [3.8, 4) is 0 Å². The van der Waals surface area contributed by atoms with E-state index in [1.165, 1.54) is 0 Å². The van der Waals surface area contributed by atoms with E-state index in [0.717, 1.165) is 30.0 Å². The molecule has 1 heterocycles. The van der Waals surface area contributed by atoms with Crippen LogP contribution in [0.15, 0.2) is 48.5 Å². The first-order valence-corrected chi connectivity index (χ1v) is 9.64. The van der Waals surface area contributed by atoms with E-state index in [2.05, 4.69) is 15.5 Å². The van der Waals surface area contributed by atoms with Crippen LogP contribution in [-0.2, 0) is 6.18 Å². The Morgan fingerprint density at radius 1 is 0.933 bits per heavy atom. The standard InChI is InChI=1S/C21H23F3N4O2/c1-2-25-20(30)28-13-11-27(12-14-28)18-9-7-17(8-10-18)26-19(29)15-3-5-16(6-4-15)21(22,23)24/h3-10H,2,11-14H2,1H3,(H,25,30)(H,26,29). The summed E-state index contributed by atoms with van der Waals surface area (Å²) in [4.78, 5) is 28.1. The molecular formula is C21H23F3N4O2. The number of halogens is 3. The van der Waals surface area contributed by atoms with Gasteiger partial charge in [-0.15, -0.1) is 0 Å². The van der Waals surface area contributed by atoms with E-state index in [0.29, 0.717) is 38.4 Å². The molecular weight excluding hydrogens is 397 g/mol. The average Bonchev–Trinajstić information content (AvgIpc) is 2.74. The first-order valence-electron chi connectivity index (χ1n) is 9.64. The number of amides is 3. The van der Waals surface area contributed by atoms with Crippen molar-refractivity contribution in [2.45, 2.75) is 13.1 Å². The number of hydrogen-bond acceptors (Lipinski definition) is 3. The predicted octanol–water partition coefficient (Wildman–Crippen LogP) is 3.81. The lowest BCUT2D eigenvalue weighted by atomic mass is 10.1. The van der Waals surface area contributed by atoms with Gasteiger partial charge in [-0.3, -0.25) is 4.79 Å². The summed E-state index contributed by atoms with van der Waals surface area (Å²) in [6.45, 7) is 5.13. The van der Waals surface area contributed by atoms with Crippen LogP contribution in [-0.4, -0.2) is 49.6 Å². The Bertz CT molecular complexity index is 875. The van der Waals surface area contributed by atoms with E-state index < -0.39 is 17.6 Å². The van der Waals surface area contributed by atoms with Crippen molar-refractivity contribution in [1.29, 1.82) is 0 Å². The molecule has 3 amide bonds. The topological polar surface area (TPSA) is 64.7 Å². The number of nitrogens with one attached hydrogen (secondary N) is 2. The molecule has 0 radical (unpaired) electrons. The van der Waals surface area contributed by atoms with Gasteiger partial charge in [-0.25, -0.2) is 4.79 Å². The first-order chi connectivity index (χ1) is 14.3. The number of nitrogens with zero attached hydrogens (tertiary/aromatic N) is 2. The third-order valence-electron chi connectivity index (χ3n) is 4.86. The maximum absolute atomic E-state index is 12.6. The van der Waals surface area contributed by atoms with E-state index in [4.69, 9.17) is 0 Å². The molecule has 1 aliphatic rings. The third kappa shape index (κ3) is 5.22. The number of piperazine rings is 1. The van der Waals surface area contributed by atoms with Crippen LogP contribution in [0.3, 0.4) is 0 Å². The minimum absolute atomic E-state index is 0.0570. The average molecular weight is 420 g/mol. The van der Waals surface area contributed by atoms with E-state index >= 15 is 0 Å². The van der Waals surface area contributed by atoms with Crippen LogP contribution < -0.4 is 15.5 Å². The Labute approximate surface area is 172 Å². The van der Waals surface area contributed by atoms with Crippen molar-refractivity contribution in [3.05, 3.63) is 59.7 Å². The predicted molar refractivity (Wildman–Crippen MR) is 109 cm³/mol. The first kappa shape index (κ1) is 21.5. The van der Waals surface area contributed by atoms with Crippen molar-refractivity contribution < 1.29 is 22.8 Å². The second-order valence-corrected chi connectivity index (χ2v) is 6.89. The number of hydrogen-bond donors (Lipinski definition) is 2. The molecule has 160 valence electrons. The molecule has 0 aliphatic carbocycles. The smallest absolute Gasteiger partial charge is 0.368 e. The summed E-state index contributed by atoms with van der Waals surface area (Å²) in [5.74, 6) is -0.480. The number of rotatable bonds is 4. The van der Waals surface area contributed by atoms with Crippen molar-refractivity contribution in [1.82, 2.24) is 10.2 Å². The summed E-state index contributed by atoms with van der Waals surface area (Å²) in [6.07, 6.45) is -4.43. The van der Waals surface area contributed by atoms with Gasteiger partial charge in [0.25, 0.3) is 5.91 Å². The third-order valence-corrected chi connectivity index (χ3v) is 4.86. The Morgan fingerprint density at radius 3 is 2.07 bits per heavy atom. The Kier molecular flexibility index (Phi) is 6.49. The second kappa shape index (κ2) is 9.06. The van der Waals surface area contributed by atoms with E-state index in [9.17, 15) is 22.8 Å². The zero-order chi connectivity index (χ0) is 21.7. The highest BCUT2D eigenvalue weighted by Gasteiger charge is 2.30. The quantitative estimate of drug-likeness (QED) is 0.791. The number of benzene rings is 2. The summed E-state index contributed by atoms with van der Waals surface area (Å²) in [5.41, 5.74) is 0.868. The lowest BCUT2D eigenvalue weighted by molar-refractivity contribution is -0.137. The van der Waals surface area contributed by atoms with Gasteiger partial charge in [0.2, 0.25) is 0 Å². The van der Waals surface area contributed by atoms with Crippen molar-refractivity contribution >= 4 is 23.3 Å². The Morgan fingerprint density at radius 2 is 1.53 bits per heavy atom. The number of carbonyl (C=O) groups excluding carboxylic acids is 2. The van der Waals surface area contributed by atoms with E-state index in [1.807, 2.05) is 19.1 Å². The van der Waals surface area contributed by atoms with Gasteiger partial charge in [0.1, 0.15) is 0 Å². The monoisotopic (exact) mass is 420 g/mol. The summed E-state index contributed by atoms with van der Waals surface area (Å²) in [6, 6.07) is 11.2. The fourth-order valence-electron chi connectivity index (χ4n) is 3.20. The molecule has 2 N–H and O–H groups in total. The maximum atomic E-state index is 12.6. The zero-order valence-electron chi connectivity index (χ0n) is 16.5. The van der Waals surface area contributed by atoms with Crippen LogP contribution in [0.25, 0.3) is 0 Å². The molecule has 0 unspecified atom stereocenters. The van der Waals surface area contributed by atoms with Gasteiger partial charge in [0.15, 0.2) is 0 Å². The van der Waals surface area contributed by atoms with Gasteiger partial charge in [0, 0.05) is 49.7 Å². The van der Waals surface area contributed by atoms with Crippen molar-refractivity contribution in [3.63, 3.8) is 0 Å². The summed E-state index contributed by atoms with van der Waals surface area (Å²) < 4.78 is 37.9. The number of anilines is 2. The van der Waals surface area contributed by atoms with Gasteiger partial charge in [0.05, 0.1) is 5.56 Å². The Hall–Kier alpha value is -3.23. The summed E-state index contributed by atoms with van der Waals surface area (Å²) in [5, 5.41) is 5.47. The van der Waals surface area contributed by atoms with Crippen molar-refractivity contribution in [2.24, 2.45) is 0 Å². The molecule has 30 heavy (non-hydrogen) atoms. The highest BCUT2D eigenvalue weighted by Crippen LogP contribution is 2.29. The SMILES string of the molecule is CCNC(=O)N1CCN(c2ccc(NC(=O)c3ccc(C(F)(F)F)cc3)cc2)CC1. The van der Waals surface area contributed by atoms with Gasteiger partial charge >= 0.3 is 12.2 Å². The highest BCUT2D eigenvalue weighted by molar-refractivity contribution is 6.04. The molecule has 2 aromatic carbocycles. The van der Waals surface area contributed by atoms with Gasteiger partial charge in [-0.05, 0) is 55.5 Å². The Balaban J connectivity index is 1.56. The number of alkyl halides is 3. The fourth-order valence-corrected chi connectivity index (χ4v) is 3.20. The zero-order valence-corrected chi connectivity index (χ0v) is 16.5. The summed E-state index contributed by atoms with van der Waals surface area (Å²) in [7, 11) is 0. The van der Waals surface area contributed by atoms with E-state index in [1.54, 1.807) is 17.0 Å². The van der Waals surface area contributed by atoms with Gasteiger partial charge < -0.3 is 20.4 Å². The minimum atomic E-state index is -4.43. The molecule has 0 bridgehead atoms. The van der Waals surface area contributed by atoms with Crippen LogP contribution in [0.2, 0.25) is 0 Å². The number of urea groups is 1. The lowest BCUT2D eigenvalue weighted by Crippen LogP contribution is -2.51. The molecule has 1 aliphatic heterocycles. The normalized spacial score (nSPS) is 14.4. The fraction of sp³-hybridized carbons (Fsp3) is 0.333. The van der Waals surface area contributed by atoms with Gasteiger partial charge in [-0.1, -0.05) is 0 Å². The molecule has 2 aromatic rings. The van der Waals surface area contributed by atoms with Crippen LogP contribution in [0, 0.1) is 0 Å². The van der Waals surface area contributed by atoms with Crippen LogP contribution >= 0.6 is 0 Å². The molecule has 0 aromatic heterocycles. The molecule has 9 heteroatoms. The molecule has 1 fully saturated rings. The number of carbonyl (C=O) groups is 2. The molecule has 0 spiro atoms. The van der Waals surface area contributed by atoms with Gasteiger partial charge in [-0.2, -0.15) is 13.2 Å². The van der Waals surface area contributed by atoms with Crippen LogP contribution in [0.4, 0.5) is 29.3 Å². The molecule has 0 saturated carbocycles. The van der Waals surface area contributed by atoms with Crippen LogP contribution in [0.5, 0.6) is 0 Å². The van der Waals surface area contributed by atoms with Crippen LogP contribution in [0.1, 0.15) is 22.8 Å². The molecule has 0 atom stereocenters. The molecule has 6 nitrogen and oxygen atoms in total. The minimum Gasteiger partial charge on any atom is -0.368 e. The highest BCUT2D eigenvalue weighted by atomic mass is 19.4. The molecule has 3 rings (SSSR count). The lowest BCUT2D eigenvalue weighted by Gasteiger charge is -2.36.